The van der Waals surface area contributed by atoms with Crippen molar-refractivity contribution in [3.63, 3.8) is 0 Å². The van der Waals surface area contributed by atoms with Gasteiger partial charge in [0.2, 0.25) is 5.91 Å². The molecule has 0 bridgehead atoms. The lowest BCUT2D eigenvalue weighted by atomic mass is 9.97. The molecule has 3 heterocycles. The topological polar surface area (TPSA) is 91.7 Å². The van der Waals surface area contributed by atoms with E-state index in [2.05, 4.69) is 30.5 Å². The molecule has 3 rings (SSSR count). The molecular formula is C14H21N7O. The molecule has 8 nitrogen and oxygen atoms in total. The van der Waals surface area contributed by atoms with Crippen molar-refractivity contribution in [3.05, 3.63) is 23.9 Å². The number of rotatable bonds is 4. The number of nitrogens with zero attached hydrogens (tertiary/aromatic N) is 5. The van der Waals surface area contributed by atoms with Crippen LogP contribution < -0.4 is 5.32 Å². The summed E-state index contributed by atoms with van der Waals surface area (Å²) < 4.78 is 1.66. The Kier molecular flexibility index (Phi) is 4.19. The smallest absolute Gasteiger partial charge is 0.239 e. The summed E-state index contributed by atoms with van der Waals surface area (Å²) in [5, 5.41) is 14.1. The van der Waals surface area contributed by atoms with Gasteiger partial charge in [0, 0.05) is 31.8 Å². The van der Waals surface area contributed by atoms with E-state index in [9.17, 15) is 4.79 Å². The zero-order valence-corrected chi connectivity index (χ0v) is 12.9. The summed E-state index contributed by atoms with van der Waals surface area (Å²) >= 11 is 0. The van der Waals surface area contributed by atoms with Crippen LogP contribution in [0.5, 0.6) is 0 Å². The Labute approximate surface area is 128 Å². The molecule has 0 saturated carbocycles. The molecule has 1 aliphatic heterocycles. The molecule has 1 atom stereocenters. The van der Waals surface area contributed by atoms with Crippen molar-refractivity contribution in [2.75, 3.05) is 25.0 Å². The average molecular weight is 303 g/mol. The fourth-order valence-electron chi connectivity index (χ4n) is 2.82. The molecule has 2 N–H and O–H groups in total. The summed E-state index contributed by atoms with van der Waals surface area (Å²) in [6, 6.07) is 1.79. The zero-order valence-electron chi connectivity index (χ0n) is 12.9. The highest BCUT2D eigenvalue weighted by Crippen LogP contribution is 2.24. The molecule has 118 valence electrons. The molecule has 2 aromatic rings. The summed E-state index contributed by atoms with van der Waals surface area (Å²) in [4.78, 5) is 18.7. The molecule has 2 aromatic heterocycles. The van der Waals surface area contributed by atoms with Gasteiger partial charge in [-0.05, 0) is 26.3 Å². The first-order chi connectivity index (χ1) is 10.6. The molecule has 0 aliphatic carbocycles. The lowest BCUT2D eigenvalue weighted by Crippen LogP contribution is -2.40. The number of nitrogens with one attached hydrogen (secondary N) is 2. The molecule has 1 unspecified atom stereocenters. The number of hydrogen-bond donors (Lipinski definition) is 2. The van der Waals surface area contributed by atoms with Crippen LogP contribution in [0.25, 0.3) is 0 Å². The minimum Gasteiger partial charge on any atom is -0.308 e. The van der Waals surface area contributed by atoms with E-state index in [0.717, 1.165) is 37.6 Å². The van der Waals surface area contributed by atoms with Crippen LogP contribution in [0.15, 0.2) is 12.3 Å². The van der Waals surface area contributed by atoms with Gasteiger partial charge in [0.15, 0.2) is 11.6 Å². The van der Waals surface area contributed by atoms with E-state index in [-0.39, 0.29) is 5.91 Å². The van der Waals surface area contributed by atoms with E-state index in [1.165, 1.54) is 0 Å². The van der Waals surface area contributed by atoms with Crippen LogP contribution in [-0.2, 0) is 11.8 Å². The van der Waals surface area contributed by atoms with Crippen LogP contribution in [0.3, 0.4) is 0 Å². The SMILES string of the molecule is Cc1nc(C2CCCN(CC(=O)Nc3ccn(C)n3)C2)n[nH]1. The highest BCUT2D eigenvalue weighted by Gasteiger charge is 2.25. The fraction of sp³-hybridized carbons (Fsp3) is 0.571. The Bertz CT molecular complexity index is 647. The predicted octanol–water partition coefficient (Wildman–Crippen LogP) is 0.665. The third kappa shape index (κ3) is 3.51. The third-order valence-corrected chi connectivity index (χ3v) is 3.83. The summed E-state index contributed by atoms with van der Waals surface area (Å²) in [6.07, 6.45) is 3.92. The number of aryl methyl sites for hydroxylation is 2. The quantitative estimate of drug-likeness (QED) is 0.866. The Hall–Kier alpha value is -2.22. The third-order valence-electron chi connectivity index (χ3n) is 3.83. The summed E-state index contributed by atoms with van der Waals surface area (Å²) in [7, 11) is 1.82. The molecule has 0 spiro atoms. The van der Waals surface area contributed by atoms with Gasteiger partial charge in [-0.15, -0.1) is 0 Å². The highest BCUT2D eigenvalue weighted by molar-refractivity contribution is 5.91. The fourth-order valence-corrected chi connectivity index (χ4v) is 2.82. The van der Waals surface area contributed by atoms with Gasteiger partial charge in [-0.3, -0.25) is 19.5 Å². The number of aromatic amines is 1. The Morgan fingerprint density at radius 2 is 2.41 bits per heavy atom. The standard InChI is InChI=1S/C14H21N7O/c1-10-15-14(18-17-10)11-4-3-6-21(8-11)9-13(22)16-12-5-7-20(2)19-12/h5,7,11H,3-4,6,8-9H2,1-2H3,(H,15,17,18)(H,16,19,22). The van der Waals surface area contributed by atoms with Crippen molar-refractivity contribution in [1.29, 1.82) is 0 Å². The van der Waals surface area contributed by atoms with Crippen molar-refractivity contribution in [2.45, 2.75) is 25.7 Å². The molecular weight excluding hydrogens is 282 g/mol. The second-order valence-electron chi connectivity index (χ2n) is 5.78. The normalized spacial score (nSPS) is 19.3. The largest absolute Gasteiger partial charge is 0.308 e. The number of likely N-dealkylation sites (tertiary alicyclic amines) is 1. The summed E-state index contributed by atoms with van der Waals surface area (Å²) in [5.41, 5.74) is 0. The van der Waals surface area contributed by atoms with E-state index >= 15 is 0 Å². The van der Waals surface area contributed by atoms with Crippen LogP contribution in [0.1, 0.15) is 30.4 Å². The van der Waals surface area contributed by atoms with Crippen LogP contribution in [-0.4, -0.2) is 55.4 Å². The molecule has 1 amide bonds. The van der Waals surface area contributed by atoms with E-state index < -0.39 is 0 Å². The van der Waals surface area contributed by atoms with E-state index in [1.807, 2.05) is 14.0 Å². The lowest BCUT2D eigenvalue weighted by molar-refractivity contribution is -0.117. The monoisotopic (exact) mass is 303 g/mol. The van der Waals surface area contributed by atoms with Crippen LogP contribution in [0.2, 0.25) is 0 Å². The number of piperidine rings is 1. The van der Waals surface area contributed by atoms with Crippen LogP contribution in [0, 0.1) is 6.92 Å². The minimum atomic E-state index is -0.0366. The first kappa shape index (κ1) is 14.7. The van der Waals surface area contributed by atoms with Crippen molar-refractivity contribution in [3.8, 4) is 0 Å². The van der Waals surface area contributed by atoms with Crippen molar-refractivity contribution >= 4 is 11.7 Å². The first-order valence-electron chi connectivity index (χ1n) is 7.51. The highest BCUT2D eigenvalue weighted by atomic mass is 16.2. The van der Waals surface area contributed by atoms with E-state index in [0.29, 0.717) is 18.3 Å². The van der Waals surface area contributed by atoms with Gasteiger partial charge in [0.05, 0.1) is 6.54 Å². The van der Waals surface area contributed by atoms with Crippen LogP contribution >= 0.6 is 0 Å². The maximum absolute atomic E-state index is 12.1. The van der Waals surface area contributed by atoms with Crippen molar-refractivity contribution < 1.29 is 4.79 Å². The minimum absolute atomic E-state index is 0.0366. The summed E-state index contributed by atoms with van der Waals surface area (Å²) in [5.74, 6) is 2.53. The molecule has 1 aliphatic rings. The first-order valence-corrected chi connectivity index (χ1v) is 7.51. The molecule has 1 fully saturated rings. The molecule has 0 aromatic carbocycles. The van der Waals surface area contributed by atoms with Crippen LogP contribution in [0.4, 0.5) is 5.82 Å². The number of aromatic nitrogens is 5. The number of anilines is 1. The number of H-pyrrole nitrogens is 1. The number of amides is 1. The predicted molar refractivity (Wildman–Crippen MR) is 81.4 cm³/mol. The average Bonchev–Trinajstić information content (AvgIpc) is 3.08. The van der Waals surface area contributed by atoms with Gasteiger partial charge in [-0.1, -0.05) is 0 Å². The second-order valence-corrected chi connectivity index (χ2v) is 5.78. The number of carbonyl (C=O) groups excluding carboxylic acids is 1. The van der Waals surface area contributed by atoms with Crippen molar-refractivity contribution in [1.82, 2.24) is 29.9 Å². The molecule has 22 heavy (non-hydrogen) atoms. The zero-order chi connectivity index (χ0) is 15.5. The molecule has 8 heteroatoms. The Balaban J connectivity index is 1.54. The van der Waals surface area contributed by atoms with E-state index in [1.54, 1.807) is 16.9 Å². The Morgan fingerprint density at radius 3 is 3.09 bits per heavy atom. The maximum Gasteiger partial charge on any atom is 0.239 e. The van der Waals surface area contributed by atoms with Gasteiger partial charge in [0.25, 0.3) is 0 Å². The molecule has 1 saturated heterocycles. The van der Waals surface area contributed by atoms with Gasteiger partial charge >= 0.3 is 0 Å². The second kappa shape index (κ2) is 6.27. The lowest BCUT2D eigenvalue weighted by Gasteiger charge is -2.30. The van der Waals surface area contributed by atoms with Crippen molar-refractivity contribution in [2.24, 2.45) is 7.05 Å². The summed E-state index contributed by atoms with van der Waals surface area (Å²) in [6.45, 7) is 4.01. The van der Waals surface area contributed by atoms with Gasteiger partial charge in [-0.2, -0.15) is 10.2 Å². The maximum atomic E-state index is 12.1. The number of carbonyl (C=O) groups is 1. The van der Waals surface area contributed by atoms with Gasteiger partial charge in [-0.25, -0.2) is 4.98 Å². The number of hydrogen-bond acceptors (Lipinski definition) is 5. The van der Waals surface area contributed by atoms with E-state index in [4.69, 9.17) is 0 Å². The van der Waals surface area contributed by atoms with Gasteiger partial charge < -0.3 is 5.32 Å². The molecule has 0 radical (unpaired) electrons. The Morgan fingerprint density at radius 1 is 1.55 bits per heavy atom. The van der Waals surface area contributed by atoms with Gasteiger partial charge in [0.1, 0.15) is 5.82 Å².